The molecule has 0 aromatic carbocycles. The van der Waals surface area contributed by atoms with Gasteiger partial charge in [0.2, 0.25) is 10.0 Å². The number of esters is 2. The Morgan fingerprint density at radius 3 is 2.58 bits per heavy atom. The second-order valence-electron chi connectivity index (χ2n) is 5.21. The molecule has 2 heterocycles. The molecule has 142 valence electrons. The smallest absolute Gasteiger partial charge is 0.339 e. The van der Waals surface area contributed by atoms with Crippen molar-refractivity contribution in [2.24, 2.45) is 5.14 Å². The van der Waals surface area contributed by atoms with Gasteiger partial charge in [0.15, 0.2) is 0 Å². The fourth-order valence-electron chi connectivity index (χ4n) is 2.19. The van der Waals surface area contributed by atoms with E-state index in [0.29, 0.717) is 0 Å². The molecule has 1 aliphatic rings. The summed E-state index contributed by atoms with van der Waals surface area (Å²) >= 11 is 0.779. The van der Waals surface area contributed by atoms with Gasteiger partial charge in [0, 0.05) is 5.38 Å². The van der Waals surface area contributed by atoms with Crippen LogP contribution in [0, 0.1) is 0 Å². The first kappa shape index (κ1) is 19.9. The zero-order chi connectivity index (χ0) is 19.5. The molecule has 1 atom stereocenters. The minimum Gasteiger partial charge on any atom is -0.463 e. The van der Waals surface area contributed by atoms with E-state index in [0.717, 1.165) is 17.4 Å². The monoisotopic (exact) mass is 403 g/mol. The highest BCUT2D eigenvalue weighted by atomic mass is 32.2. The van der Waals surface area contributed by atoms with Crippen LogP contribution in [0.3, 0.4) is 0 Å². The average Bonchev–Trinajstić information content (AvgIpc) is 3.02. The summed E-state index contributed by atoms with van der Waals surface area (Å²) < 4.78 is 32.3. The van der Waals surface area contributed by atoms with E-state index in [1.165, 1.54) is 5.38 Å². The fourth-order valence-corrected chi connectivity index (χ4v) is 3.76. The minimum absolute atomic E-state index is 0.00869. The topological polar surface area (TPSA) is 154 Å². The van der Waals surface area contributed by atoms with Crippen LogP contribution < -0.4 is 15.8 Å². The van der Waals surface area contributed by atoms with Crippen LogP contribution >= 0.6 is 11.3 Å². The normalized spacial score (nSPS) is 17.3. The number of primary sulfonamides is 1. The number of hydrogen-bond acceptors (Lipinski definition) is 8. The molecule has 0 bridgehead atoms. The number of sulfonamides is 1. The molecule has 1 aliphatic heterocycles. The number of urea groups is 1. The molecule has 0 radical (unpaired) electrons. The molecular formula is C14H17N3O7S2. The van der Waals surface area contributed by atoms with Gasteiger partial charge in [-0.15, -0.1) is 11.3 Å². The second-order valence-corrected chi connectivity index (χ2v) is 7.91. The van der Waals surface area contributed by atoms with Gasteiger partial charge < -0.3 is 20.1 Å². The number of rotatable bonds is 6. The van der Waals surface area contributed by atoms with Crippen molar-refractivity contribution in [1.29, 1.82) is 0 Å². The number of thiophene rings is 1. The van der Waals surface area contributed by atoms with Crippen LogP contribution in [0.2, 0.25) is 0 Å². The molecule has 1 aromatic heterocycles. The van der Waals surface area contributed by atoms with Gasteiger partial charge in [0.05, 0.1) is 29.5 Å². The highest BCUT2D eigenvalue weighted by Gasteiger charge is 2.30. The van der Waals surface area contributed by atoms with E-state index in [-0.39, 0.29) is 27.6 Å². The maximum absolute atomic E-state index is 12.1. The first-order valence-electron chi connectivity index (χ1n) is 7.39. The lowest BCUT2D eigenvalue weighted by Crippen LogP contribution is -2.50. The largest absolute Gasteiger partial charge is 0.463 e. The molecule has 12 heteroatoms. The molecule has 0 spiro atoms. The van der Waals surface area contributed by atoms with Crippen molar-refractivity contribution in [3.05, 3.63) is 28.3 Å². The number of carbonyl (C=O) groups is 3. The summed E-state index contributed by atoms with van der Waals surface area (Å²) in [6.07, 6.45) is 0. The Morgan fingerprint density at radius 1 is 1.31 bits per heavy atom. The third-order valence-electron chi connectivity index (χ3n) is 3.30. The summed E-state index contributed by atoms with van der Waals surface area (Å²) in [5, 5.41) is 11.2. The van der Waals surface area contributed by atoms with Crippen molar-refractivity contribution in [1.82, 2.24) is 10.6 Å². The Kier molecular flexibility index (Phi) is 6.00. The highest BCUT2D eigenvalue weighted by molar-refractivity contribution is 7.91. The van der Waals surface area contributed by atoms with Gasteiger partial charge in [0.25, 0.3) is 0 Å². The SMILES string of the molecule is CCOC(=O)C1=C(COC(=O)c2csc(S(N)(=O)=O)c2)NC(=O)NC1C. The van der Waals surface area contributed by atoms with Crippen molar-refractivity contribution in [3.8, 4) is 0 Å². The zero-order valence-electron chi connectivity index (χ0n) is 13.9. The molecule has 26 heavy (non-hydrogen) atoms. The van der Waals surface area contributed by atoms with Gasteiger partial charge in [-0.1, -0.05) is 0 Å². The third-order valence-corrected chi connectivity index (χ3v) is 5.69. The highest BCUT2D eigenvalue weighted by Crippen LogP contribution is 2.20. The summed E-state index contributed by atoms with van der Waals surface area (Å²) in [5.41, 5.74) is 0.218. The van der Waals surface area contributed by atoms with E-state index in [1.807, 2.05) is 0 Å². The van der Waals surface area contributed by atoms with E-state index in [2.05, 4.69) is 10.6 Å². The summed E-state index contributed by atoms with van der Waals surface area (Å²) in [7, 11) is -3.92. The Labute approximate surface area is 153 Å². The van der Waals surface area contributed by atoms with Crippen LogP contribution in [0.1, 0.15) is 24.2 Å². The minimum atomic E-state index is -3.92. The zero-order valence-corrected chi connectivity index (χ0v) is 15.5. The fraction of sp³-hybridized carbons (Fsp3) is 0.357. The van der Waals surface area contributed by atoms with Crippen LogP contribution in [-0.4, -0.2) is 45.6 Å². The predicted octanol–water partition coefficient (Wildman–Crippen LogP) is 0.0708. The Balaban J connectivity index is 2.17. The number of hydrogen-bond donors (Lipinski definition) is 3. The van der Waals surface area contributed by atoms with Crippen molar-refractivity contribution < 1.29 is 32.3 Å². The first-order chi connectivity index (χ1) is 12.1. The molecule has 0 saturated carbocycles. The Morgan fingerprint density at radius 2 is 2.00 bits per heavy atom. The predicted molar refractivity (Wildman–Crippen MR) is 90.8 cm³/mol. The van der Waals surface area contributed by atoms with Crippen LogP contribution in [0.5, 0.6) is 0 Å². The molecule has 2 amide bonds. The summed E-state index contributed by atoms with van der Waals surface area (Å²) in [4.78, 5) is 35.7. The first-order valence-corrected chi connectivity index (χ1v) is 9.82. The van der Waals surface area contributed by atoms with Crippen molar-refractivity contribution >= 4 is 39.3 Å². The standard InChI is InChI=1S/C14H17N3O7S2/c1-3-23-13(19)11-7(2)16-14(20)17-9(11)5-24-12(18)8-4-10(25-6-8)26(15,21)22/h4,6-7H,3,5H2,1-2H3,(H2,15,21,22)(H2,16,17,20). The molecule has 1 unspecified atom stereocenters. The molecule has 0 fully saturated rings. The number of nitrogens with one attached hydrogen (secondary N) is 2. The second kappa shape index (κ2) is 7.85. The Hall–Kier alpha value is -2.44. The third kappa shape index (κ3) is 4.59. The van der Waals surface area contributed by atoms with Crippen LogP contribution in [0.4, 0.5) is 4.79 Å². The maximum Gasteiger partial charge on any atom is 0.339 e. The molecule has 10 nitrogen and oxygen atoms in total. The quantitative estimate of drug-likeness (QED) is 0.568. The van der Waals surface area contributed by atoms with Crippen molar-refractivity contribution in [2.45, 2.75) is 24.1 Å². The van der Waals surface area contributed by atoms with E-state index in [1.54, 1.807) is 13.8 Å². The lowest BCUT2D eigenvalue weighted by Gasteiger charge is -2.26. The van der Waals surface area contributed by atoms with Gasteiger partial charge in [0.1, 0.15) is 10.8 Å². The van der Waals surface area contributed by atoms with Crippen molar-refractivity contribution in [2.75, 3.05) is 13.2 Å². The molecule has 0 aliphatic carbocycles. The van der Waals surface area contributed by atoms with Crippen LogP contribution in [0.15, 0.2) is 26.9 Å². The Bertz CT molecular complexity index is 873. The average molecular weight is 403 g/mol. The lowest BCUT2D eigenvalue weighted by molar-refractivity contribution is -0.139. The van der Waals surface area contributed by atoms with Crippen LogP contribution in [0.25, 0.3) is 0 Å². The van der Waals surface area contributed by atoms with Crippen LogP contribution in [-0.2, 0) is 24.3 Å². The van der Waals surface area contributed by atoms with E-state index < -0.39 is 40.6 Å². The molecule has 2 rings (SSSR count). The van der Waals surface area contributed by atoms with Gasteiger partial charge in [-0.25, -0.2) is 27.9 Å². The molecule has 1 aromatic rings. The van der Waals surface area contributed by atoms with Gasteiger partial charge in [-0.2, -0.15) is 0 Å². The van der Waals surface area contributed by atoms with Gasteiger partial charge in [-0.3, -0.25) is 0 Å². The molecule has 4 N–H and O–H groups in total. The number of carbonyl (C=O) groups excluding carboxylic acids is 3. The number of ether oxygens (including phenoxy) is 2. The molecular weight excluding hydrogens is 386 g/mol. The van der Waals surface area contributed by atoms with E-state index >= 15 is 0 Å². The van der Waals surface area contributed by atoms with Gasteiger partial charge in [-0.05, 0) is 19.9 Å². The van der Waals surface area contributed by atoms with E-state index in [4.69, 9.17) is 14.6 Å². The van der Waals surface area contributed by atoms with Crippen molar-refractivity contribution in [3.63, 3.8) is 0 Å². The molecule has 0 saturated heterocycles. The summed E-state index contributed by atoms with van der Waals surface area (Å²) in [6, 6.07) is -0.0950. The summed E-state index contributed by atoms with van der Waals surface area (Å²) in [6.45, 7) is 2.97. The van der Waals surface area contributed by atoms with Gasteiger partial charge >= 0.3 is 18.0 Å². The number of amides is 2. The maximum atomic E-state index is 12.1. The lowest BCUT2D eigenvalue weighted by atomic mass is 10.0. The number of nitrogens with two attached hydrogens (primary N) is 1. The van der Waals surface area contributed by atoms with E-state index in [9.17, 15) is 22.8 Å². The summed E-state index contributed by atoms with van der Waals surface area (Å²) in [5.74, 6) is -1.47.